The summed E-state index contributed by atoms with van der Waals surface area (Å²) in [4.78, 5) is 11.3. The first-order valence-electron chi connectivity index (χ1n) is 5.90. The lowest BCUT2D eigenvalue weighted by molar-refractivity contribution is -0.120. The minimum absolute atomic E-state index is 0.0685. The summed E-state index contributed by atoms with van der Waals surface area (Å²) in [6.07, 6.45) is 5.01. The Kier molecular flexibility index (Phi) is 4.30. The van der Waals surface area contributed by atoms with Crippen LogP contribution in [0.5, 0.6) is 0 Å². The molecular weight excluding hydrogens is 242 g/mol. The fourth-order valence-corrected chi connectivity index (χ4v) is 2.28. The van der Waals surface area contributed by atoms with Crippen molar-refractivity contribution in [1.82, 2.24) is 25.5 Å². The third-order valence-electron chi connectivity index (χ3n) is 3.00. The van der Waals surface area contributed by atoms with E-state index in [0.29, 0.717) is 24.9 Å². The van der Waals surface area contributed by atoms with E-state index in [-0.39, 0.29) is 5.91 Å². The van der Waals surface area contributed by atoms with Crippen LogP contribution in [-0.4, -0.2) is 32.0 Å². The number of nitrogens with zero attached hydrogens (tertiary/aromatic N) is 4. The number of hydrogen-bond acceptors (Lipinski definition) is 4. The fourth-order valence-electron chi connectivity index (χ4n) is 2.11. The summed E-state index contributed by atoms with van der Waals surface area (Å²) >= 11 is 5.49. The van der Waals surface area contributed by atoms with Crippen molar-refractivity contribution < 1.29 is 4.79 Å². The van der Waals surface area contributed by atoms with Gasteiger partial charge in [0.05, 0.1) is 12.6 Å². The molecule has 1 saturated carbocycles. The highest BCUT2D eigenvalue weighted by Crippen LogP contribution is 2.28. The largest absolute Gasteiger partial charge is 0.349 e. The van der Waals surface area contributed by atoms with Gasteiger partial charge in [-0.3, -0.25) is 4.79 Å². The topological polar surface area (TPSA) is 72.7 Å². The second-order valence-corrected chi connectivity index (χ2v) is 4.57. The summed E-state index contributed by atoms with van der Waals surface area (Å²) in [7, 11) is 0. The van der Waals surface area contributed by atoms with E-state index in [2.05, 4.69) is 20.8 Å². The van der Waals surface area contributed by atoms with Gasteiger partial charge < -0.3 is 5.32 Å². The molecule has 0 atom stereocenters. The van der Waals surface area contributed by atoms with Gasteiger partial charge in [0.25, 0.3) is 0 Å². The van der Waals surface area contributed by atoms with E-state index in [9.17, 15) is 4.79 Å². The zero-order chi connectivity index (χ0) is 12.1. The predicted octanol–water partition coefficient (Wildman–Crippen LogP) is 1.03. The van der Waals surface area contributed by atoms with E-state index >= 15 is 0 Å². The van der Waals surface area contributed by atoms with Crippen molar-refractivity contribution in [2.24, 2.45) is 0 Å². The molecule has 0 spiro atoms. The van der Waals surface area contributed by atoms with Crippen LogP contribution in [0.1, 0.15) is 44.0 Å². The Labute approximate surface area is 105 Å². The Morgan fingerprint density at radius 2 is 2.24 bits per heavy atom. The van der Waals surface area contributed by atoms with Crippen LogP contribution >= 0.6 is 11.6 Å². The first kappa shape index (κ1) is 12.3. The molecule has 0 aliphatic heterocycles. The molecule has 1 aromatic rings. The second kappa shape index (κ2) is 5.95. The van der Waals surface area contributed by atoms with Crippen LogP contribution in [0.3, 0.4) is 0 Å². The summed E-state index contributed by atoms with van der Waals surface area (Å²) in [6, 6.07) is 0.393. The third kappa shape index (κ3) is 3.15. The van der Waals surface area contributed by atoms with E-state index in [1.807, 2.05) is 4.68 Å². The zero-order valence-electron chi connectivity index (χ0n) is 9.60. The molecule has 0 saturated heterocycles. The lowest BCUT2D eigenvalue weighted by atomic mass is 10.2. The van der Waals surface area contributed by atoms with E-state index < -0.39 is 0 Å². The highest BCUT2D eigenvalue weighted by Gasteiger charge is 2.21. The van der Waals surface area contributed by atoms with Gasteiger partial charge in [-0.05, 0) is 23.3 Å². The van der Waals surface area contributed by atoms with Gasteiger partial charge in [0.15, 0.2) is 5.82 Å². The maximum absolute atomic E-state index is 11.3. The first-order chi connectivity index (χ1) is 8.31. The number of tetrazole rings is 1. The van der Waals surface area contributed by atoms with Gasteiger partial charge in [-0.25, -0.2) is 4.68 Å². The average molecular weight is 258 g/mol. The smallest absolute Gasteiger partial charge is 0.221 e. The number of amides is 1. The third-order valence-corrected chi connectivity index (χ3v) is 3.19. The Balaban J connectivity index is 1.92. The molecule has 6 nitrogen and oxygen atoms in total. The molecule has 0 bridgehead atoms. The van der Waals surface area contributed by atoms with E-state index in [4.69, 9.17) is 11.6 Å². The minimum Gasteiger partial charge on any atom is -0.349 e. The van der Waals surface area contributed by atoms with E-state index in [1.54, 1.807) is 0 Å². The molecule has 1 aliphatic rings. The van der Waals surface area contributed by atoms with Gasteiger partial charge in [-0.2, -0.15) is 0 Å². The second-order valence-electron chi connectivity index (χ2n) is 4.19. The quantitative estimate of drug-likeness (QED) is 0.800. The molecule has 1 amide bonds. The first-order valence-corrected chi connectivity index (χ1v) is 6.44. The Morgan fingerprint density at radius 3 is 2.94 bits per heavy atom. The Morgan fingerprint density at radius 1 is 1.47 bits per heavy atom. The number of carbonyl (C=O) groups is 1. The van der Waals surface area contributed by atoms with Crippen molar-refractivity contribution in [3.63, 3.8) is 0 Å². The molecule has 1 aromatic heterocycles. The number of carbonyl (C=O) groups excluding carboxylic acids is 1. The van der Waals surface area contributed by atoms with Gasteiger partial charge >= 0.3 is 0 Å². The lowest BCUT2D eigenvalue weighted by Gasteiger charge is -2.11. The van der Waals surface area contributed by atoms with Gasteiger partial charge in [0, 0.05) is 12.3 Å². The molecule has 1 heterocycles. The molecule has 94 valence electrons. The molecule has 0 unspecified atom stereocenters. The summed E-state index contributed by atoms with van der Waals surface area (Å²) < 4.78 is 1.84. The van der Waals surface area contributed by atoms with Crippen molar-refractivity contribution in [3.8, 4) is 0 Å². The van der Waals surface area contributed by atoms with Gasteiger partial charge in [0.2, 0.25) is 5.91 Å². The Hall–Kier alpha value is -1.17. The molecule has 1 fully saturated rings. The predicted molar refractivity (Wildman–Crippen MR) is 62.5 cm³/mol. The molecule has 0 radical (unpaired) electrons. The molecular formula is C10H16ClN5O. The minimum atomic E-state index is -0.0685. The highest BCUT2D eigenvalue weighted by atomic mass is 35.5. The maximum atomic E-state index is 11.3. The standard InChI is InChI=1S/C10H16ClN5O/c11-6-5-10(17)12-7-9-13-14-15-16(9)8-3-1-2-4-8/h8H,1-7H2,(H,12,17). The number of rotatable bonds is 5. The molecule has 2 rings (SSSR count). The molecule has 17 heavy (non-hydrogen) atoms. The van der Waals surface area contributed by atoms with E-state index in [0.717, 1.165) is 18.7 Å². The lowest BCUT2D eigenvalue weighted by Crippen LogP contribution is -2.25. The number of nitrogens with one attached hydrogen (secondary N) is 1. The van der Waals surface area contributed by atoms with E-state index in [1.165, 1.54) is 12.8 Å². The molecule has 0 aromatic carbocycles. The highest BCUT2D eigenvalue weighted by molar-refractivity contribution is 6.18. The number of aromatic nitrogens is 4. The van der Waals surface area contributed by atoms with Crippen LogP contribution in [0.4, 0.5) is 0 Å². The van der Waals surface area contributed by atoms with Gasteiger partial charge in [-0.15, -0.1) is 16.7 Å². The van der Waals surface area contributed by atoms with Crippen LogP contribution in [-0.2, 0) is 11.3 Å². The normalized spacial score (nSPS) is 16.3. The van der Waals surface area contributed by atoms with Crippen molar-refractivity contribution >= 4 is 17.5 Å². The number of alkyl halides is 1. The summed E-state index contributed by atoms with van der Waals surface area (Å²) in [5, 5.41) is 14.4. The summed E-state index contributed by atoms with van der Waals surface area (Å²) in [6.45, 7) is 0.374. The fraction of sp³-hybridized carbons (Fsp3) is 0.800. The Bertz CT molecular complexity index is 375. The van der Waals surface area contributed by atoms with Crippen LogP contribution in [0, 0.1) is 0 Å². The molecule has 1 N–H and O–H groups in total. The molecule has 7 heteroatoms. The molecule has 1 aliphatic carbocycles. The monoisotopic (exact) mass is 257 g/mol. The maximum Gasteiger partial charge on any atom is 0.221 e. The van der Waals surface area contributed by atoms with Crippen LogP contribution in [0.2, 0.25) is 0 Å². The van der Waals surface area contributed by atoms with Crippen molar-refractivity contribution in [1.29, 1.82) is 0 Å². The SMILES string of the molecule is O=C(CCCl)NCc1nnnn1C1CCCC1. The zero-order valence-corrected chi connectivity index (χ0v) is 10.4. The summed E-state index contributed by atoms with van der Waals surface area (Å²) in [5.74, 6) is 0.986. The van der Waals surface area contributed by atoms with Gasteiger partial charge in [-0.1, -0.05) is 12.8 Å². The van der Waals surface area contributed by atoms with Crippen LogP contribution in [0.25, 0.3) is 0 Å². The van der Waals surface area contributed by atoms with Gasteiger partial charge in [0.1, 0.15) is 0 Å². The van der Waals surface area contributed by atoms with Crippen molar-refractivity contribution in [3.05, 3.63) is 5.82 Å². The van der Waals surface area contributed by atoms with Crippen LogP contribution < -0.4 is 5.32 Å². The number of halogens is 1. The summed E-state index contributed by atoms with van der Waals surface area (Å²) in [5.41, 5.74) is 0. The average Bonchev–Trinajstić information content (AvgIpc) is 2.97. The van der Waals surface area contributed by atoms with Crippen LogP contribution in [0.15, 0.2) is 0 Å². The van der Waals surface area contributed by atoms with Crippen molar-refractivity contribution in [2.75, 3.05) is 5.88 Å². The van der Waals surface area contributed by atoms with Crippen molar-refractivity contribution in [2.45, 2.75) is 44.7 Å². The number of hydrogen-bond donors (Lipinski definition) is 1.